The lowest BCUT2D eigenvalue weighted by Gasteiger charge is -2.18. The number of rotatable bonds is 5. The van der Waals surface area contributed by atoms with Gasteiger partial charge in [-0.3, -0.25) is 0 Å². The number of hydrogen-bond acceptors (Lipinski definition) is 3. The van der Waals surface area contributed by atoms with Gasteiger partial charge >= 0.3 is 5.97 Å². The van der Waals surface area contributed by atoms with Crippen LogP contribution in [-0.2, 0) is 0 Å². The minimum Gasteiger partial charge on any atom is -0.478 e. The van der Waals surface area contributed by atoms with Crippen LogP contribution in [0.3, 0.4) is 0 Å². The molecule has 3 aromatic carbocycles. The third-order valence-electron chi connectivity index (χ3n) is 4.71. The summed E-state index contributed by atoms with van der Waals surface area (Å²) in [5.74, 6) is 4.87. The van der Waals surface area contributed by atoms with Gasteiger partial charge in [-0.25, -0.2) is 10.6 Å². The molecule has 0 aliphatic rings. The third-order valence-corrected chi connectivity index (χ3v) is 4.71. The van der Waals surface area contributed by atoms with Crippen molar-refractivity contribution in [1.82, 2.24) is 0 Å². The zero-order valence-electron chi connectivity index (χ0n) is 15.7. The lowest BCUT2D eigenvalue weighted by molar-refractivity contribution is -0.538. The summed E-state index contributed by atoms with van der Waals surface area (Å²) in [6, 6.07) is 20.1. The second-order valence-electron chi connectivity index (χ2n) is 6.56. The first-order valence-corrected chi connectivity index (χ1v) is 8.78. The molecule has 3 aromatic rings. The first-order chi connectivity index (χ1) is 12.9. The summed E-state index contributed by atoms with van der Waals surface area (Å²) in [6.45, 7) is 2.09. The number of carbonyl (C=O) groups is 1. The first kappa shape index (κ1) is 18.6. The van der Waals surface area contributed by atoms with E-state index >= 15 is 0 Å². The summed E-state index contributed by atoms with van der Waals surface area (Å²) in [5, 5.41) is 12.9. The Hall–Kier alpha value is -3.15. The summed E-state index contributed by atoms with van der Waals surface area (Å²) in [4.78, 5) is 11.8. The normalized spacial score (nSPS) is 10.7. The zero-order chi connectivity index (χ0) is 19.6. The predicted octanol–water partition coefficient (Wildman–Crippen LogP) is 3.16. The maximum Gasteiger partial charge on any atom is 0.338 e. The van der Waals surface area contributed by atoms with Crippen molar-refractivity contribution in [2.24, 2.45) is 5.84 Å². The number of nitrogens with two attached hydrogens (primary N) is 2. The van der Waals surface area contributed by atoms with Crippen molar-refractivity contribution >= 4 is 17.3 Å². The fourth-order valence-corrected chi connectivity index (χ4v) is 3.34. The van der Waals surface area contributed by atoms with Gasteiger partial charge in [0.25, 0.3) is 0 Å². The van der Waals surface area contributed by atoms with Gasteiger partial charge in [0.2, 0.25) is 0 Å². The fraction of sp³-hybridized carbons (Fsp3) is 0.136. The van der Waals surface area contributed by atoms with E-state index in [0.717, 1.165) is 22.4 Å². The van der Waals surface area contributed by atoms with Crippen molar-refractivity contribution in [3.05, 3.63) is 71.8 Å². The van der Waals surface area contributed by atoms with Gasteiger partial charge in [-0.1, -0.05) is 48.5 Å². The van der Waals surface area contributed by atoms with Gasteiger partial charge in [0.15, 0.2) is 5.69 Å². The molecule has 5 N–H and O–H groups in total. The molecule has 0 bridgehead atoms. The van der Waals surface area contributed by atoms with Crippen LogP contribution in [0.5, 0.6) is 0 Å². The molecular formula is C22H24N3O2+. The van der Waals surface area contributed by atoms with Crippen LogP contribution in [0.15, 0.2) is 60.7 Å². The number of aryl methyl sites for hydroxylation is 1. The molecule has 0 radical (unpaired) electrons. The van der Waals surface area contributed by atoms with E-state index in [1.54, 1.807) is 13.1 Å². The van der Waals surface area contributed by atoms with Gasteiger partial charge in [0.1, 0.15) is 5.69 Å². The summed E-state index contributed by atoms with van der Waals surface area (Å²) in [7, 11) is 3.52. The van der Waals surface area contributed by atoms with E-state index in [2.05, 4.69) is 31.2 Å². The molecule has 0 heterocycles. The van der Waals surface area contributed by atoms with Crippen molar-refractivity contribution in [2.45, 2.75) is 6.92 Å². The van der Waals surface area contributed by atoms with E-state index in [0.29, 0.717) is 5.69 Å². The molecule has 0 unspecified atom stereocenters. The summed E-state index contributed by atoms with van der Waals surface area (Å²) in [6.07, 6.45) is 0. The highest BCUT2D eigenvalue weighted by molar-refractivity contribution is 5.99. The van der Waals surface area contributed by atoms with E-state index in [1.165, 1.54) is 16.1 Å². The molecule has 138 valence electrons. The SMILES string of the molecule is C[NH2+]c1cc(-c2ccc(-c3ccccc3C)cc2)cc(C(=O)O)c1N(C)N. The smallest absolute Gasteiger partial charge is 0.338 e. The highest BCUT2D eigenvalue weighted by atomic mass is 16.4. The molecule has 5 heteroatoms. The fourth-order valence-electron chi connectivity index (χ4n) is 3.34. The van der Waals surface area contributed by atoms with Crippen LogP contribution in [0.1, 0.15) is 15.9 Å². The Balaban J connectivity index is 2.08. The maximum absolute atomic E-state index is 11.8. The quantitative estimate of drug-likeness (QED) is 0.370. The molecule has 0 amide bonds. The molecule has 3 rings (SSSR count). The highest BCUT2D eigenvalue weighted by Gasteiger charge is 2.20. The average molecular weight is 362 g/mol. The molecule has 0 saturated carbocycles. The minimum absolute atomic E-state index is 0.189. The van der Waals surface area contributed by atoms with Crippen molar-refractivity contribution in [1.29, 1.82) is 0 Å². The number of hydrazine groups is 1. The van der Waals surface area contributed by atoms with E-state index < -0.39 is 5.97 Å². The Kier molecular flexibility index (Phi) is 5.26. The molecule has 0 atom stereocenters. The number of carboxylic acid groups (broad SMARTS) is 1. The standard InChI is InChI=1S/C22H23N3O2/c1-14-6-4-5-7-18(14)16-10-8-15(9-11-16)17-12-19(22(26)27)21(25(3)23)20(13-17)24-2/h4-13,24H,23H2,1-3H3,(H,26,27)/p+1. The van der Waals surface area contributed by atoms with Gasteiger partial charge in [-0.05, 0) is 40.8 Å². The molecule has 5 nitrogen and oxygen atoms in total. The van der Waals surface area contributed by atoms with Crippen molar-refractivity contribution in [2.75, 3.05) is 19.1 Å². The molecular weight excluding hydrogens is 338 g/mol. The van der Waals surface area contributed by atoms with Gasteiger partial charge < -0.3 is 15.4 Å². The van der Waals surface area contributed by atoms with E-state index in [9.17, 15) is 9.90 Å². The molecule has 0 aliphatic heterocycles. The second kappa shape index (κ2) is 7.61. The molecule has 0 spiro atoms. The molecule has 0 fully saturated rings. The Morgan fingerprint density at radius 1 is 1.00 bits per heavy atom. The molecule has 0 saturated heterocycles. The largest absolute Gasteiger partial charge is 0.478 e. The van der Waals surface area contributed by atoms with Gasteiger partial charge in [-0.2, -0.15) is 0 Å². The van der Waals surface area contributed by atoms with E-state index in [4.69, 9.17) is 5.84 Å². The van der Waals surface area contributed by atoms with Crippen molar-refractivity contribution in [3.63, 3.8) is 0 Å². The van der Waals surface area contributed by atoms with Gasteiger partial charge in [0.05, 0.1) is 12.6 Å². The number of anilines is 1. The van der Waals surface area contributed by atoms with Crippen LogP contribution in [0, 0.1) is 6.92 Å². The third kappa shape index (κ3) is 3.69. The van der Waals surface area contributed by atoms with Crippen LogP contribution in [0.4, 0.5) is 11.4 Å². The topological polar surface area (TPSA) is 83.2 Å². The van der Waals surface area contributed by atoms with Crippen molar-refractivity contribution in [3.8, 4) is 22.3 Å². The number of hydrogen-bond donors (Lipinski definition) is 3. The average Bonchev–Trinajstić information content (AvgIpc) is 2.67. The van der Waals surface area contributed by atoms with Crippen LogP contribution in [0.25, 0.3) is 22.3 Å². The Morgan fingerprint density at radius 3 is 2.19 bits per heavy atom. The predicted molar refractivity (Wildman–Crippen MR) is 109 cm³/mol. The molecule has 27 heavy (non-hydrogen) atoms. The van der Waals surface area contributed by atoms with E-state index in [1.807, 2.05) is 42.7 Å². The van der Waals surface area contributed by atoms with E-state index in [-0.39, 0.29) is 5.56 Å². The maximum atomic E-state index is 11.8. The number of quaternary nitrogens is 1. The number of carboxylic acids is 1. The monoisotopic (exact) mass is 362 g/mol. The lowest BCUT2D eigenvalue weighted by atomic mass is 9.96. The second-order valence-corrected chi connectivity index (χ2v) is 6.56. The summed E-state index contributed by atoms with van der Waals surface area (Å²) in [5.41, 5.74) is 6.84. The Labute approximate surface area is 159 Å². The number of benzene rings is 3. The van der Waals surface area contributed by atoms with Gasteiger partial charge in [0, 0.05) is 13.1 Å². The molecule has 0 aromatic heterocycles. The lowest BCUT2D eigenvalue weighted by Crippen LogP contribution is -2.73. The van der Waals surface area contributed by atoms with Crippen LogP contribution in [-0.4, -0.2) is 25.2 Å². The van der Waals surface area contributed by atoms with Gasteiger partial charge in [-0.15, -0.1) is 0 Å². The summed E-state index contributed by atoms with van der Waals surface area (Å²) < 4.78 is 0. The minimum atomic E-state index is -0.996. The highest BCUT2D eigenvalue weighted by Crippen LogP contribution is 2.33. The molecule has 0 aliphatic carbocycles. The Morgan fingerprint density at radius 2 is 1.63 bits per heavy atom. The van der Waals surface area contributed by atoms with Crippen molar-refractivity contribution < 1.29 is 15.2 Å². The zero-order valence-corrected chi connectivity index (χ0v) is 15.7. The first-order valence-electron chi connectivity index (χ1n) is 8.78. The number of nitrogens with zero attached hydrogens (tertiary/aromatic N) is 1. The summed E-state index contributed by atoms with van der Waals surface area (Å²) >= 11 is 0. The number of aromatic carboxylic acids is 1. The van der Waals surface area contributed by atoms with Crippen LogP contribution < -0.4 is 16.2 Å². The van der Waals surface area contributed by atoms with Crippen LogP contribution >= 0.6 is 0 Å². The van der Waals surface area contributed by atoms with Crippen LogP contribution in [0.2, 0.25) is 0 Å². The Bertz CT molecular complexity index is 979.